The second kappa shape index (κ2) is 5.80. The molecule has 1 aliphatic rings. The zero-order valence-electron chi connectivity index (χ0n) is 10.2. The van der Waals surface area contributed by atoms with Crippen molar-refractivity contribution in [3.8, 4) is 0 Å². The van der Waals surface area contributed by atoms with Crippen LogP contribution in [-0.4, -0.2) is 50.6 Å². The van der Waals surface area contributed by atoms with Crippen LogP contribution in [0.25, 0.3) is 0 Å². The number of benzene rings is 1. The van der Waals surface area contributed by atoms with E-state index in [0.29, 0.717) is 6.54 Å². The van der Waals surface area contributed by atoms with E-state index in [-0.39, 0.29) is 5.91 Å². The van der Waals surface area contributed by atoms with E-state index in [0.717, 1.165) is 31.9 Å². The molecule has 0 aromatic heterocycles. The highest BCUT2D eigenvalue weighted by molar-refractivity contribution is 5.95. The summed E-state index contributed by atoms with van der Waals surface area (Å²) in [5, 5.41) is 3.11. The van der Waals surface area contributed by atoms with Gasteiger partial charge in [0.15, 0.2) is 0 Å². The number of nitrogens with one attached hydrogen (secondary N) is 1. The standard InChI is InChI=1S/C13H19N3O/c1-14-7-8-15-9-10-16(13(17)11-15)12-5-3-2-4-6-12/h2-6,14H,7-11H2,1H3. The van der Waals surface area contributed by atoms with E-state index in [9.17, 15) is 4.79 Å². The first-order valence-corrected chi connectivity index (χ1v) is 6.03. The quantitative estimate of drug-likeness (QED) is 0.825. The molecule has 1 aliphatic heterocycles. The van der Waals surface area contributed by atoms with E-state index in [1.165, 1.54) is 0 Å². The molecule has 17 heavy (non-hydrogen) atoms. The lowest BCUT2D eigenvalue weighted by Crippen LogP contribution is -2.51. The minimum absolute atomic E-state index is 0.193. The summed E-state index contributed by atoms with van der Waals surface area (Å²) in [5.74, 6) is 0.193. The number of hydrogen-bond acceptors (Lipinski definition) is 3. The second-order valence-electron chi connectivity index (χ2n) is 4.26. The number of rotatable bonds is 4. The van der Waals surface area contributed by atoms with Crippen molar-refractivity contribution >= 4 is 11.6 Å². The Morgan fingerprint density at radius 1 is 1.24 bits per heavy atom. The van der Waals surface area contributed by atoms with Crippen molar-refractivity contribution in [2.45, 2.75) is 0 Å². The molecule has 0 saturated carbocycles. The first-order valence-electron chi connectivity index (χ1n) is 6.03. The van der Waals surface area contributed by atoms with E-state index in [2.05, 4.69) is 10.2 Å². The molecule has 0 unspecified atom stereocenters. The minimum atomic E-state index is 0.193. The maximum atomic E-state index is 12.0. The second-order valence-corrected chi connectivity index (χ2v) is 4.26. The lowest BCUT2D eigenvalue weighted by Gasteiger charge is -2.34. The van der Waals surface area contributed by atoms with Crippen molar-refractivity contribution in [3.05, 3.63) is 30.3 Å². The summed E-state index contributed by atoms with van der Waals surface area (Å²) in [6.07, 6.45) is 0. The van der Waals surface area contributed by atoms with Gasteiger partial charge in [0, 0.05) is 31.9 Å². The first kappa shape index (κ1) is 12.1. The normalized spacial score (nSPS) is 17.5. The molecule has 0 spiro atoms. The van der Waals surface area contributed by atoms with Gasteiger partial charge < -0.3 is 10.2 Å². The fraction of sp³-hybridized carbons (Fsp3) is 0.462. The van der Waals surface area contributed by atoms with Gasteiger partial charge in [-0.1, -0.05) is 18.2 Å². The molecule has 1 aromatic carbocycles. The molecule has 0 radical (unpaired) electrons. The number of likely N-dealkylation sites (N-methyl/N-ethyl adjacent to an activating group) is 1. The molecular formula is C13H19N3O. The summed E-state index contributed by atoms with van der Waals surface area (Å²) in [6, 6.07) is 9.88. The maximum Gasteiger partial charge on any atom is 0.241 e. The third-order valence-corrected chi connectivity index (χ3v) is 3.05. The number of anilines is 1. The molecule has 4 heteroatoms. The Kier molecular flexibility index (Phi) is 4.12. The summed E-state index contributed by atoms with van der Waals surface area (Å²) >= 11 is 0. The van der Waals surface area contributed by atoms with Crippen molar-refractivity contribution in [2.24, 2.45) is 0 Å². The molecule has 0 aliphatic carbocycles. The van der Waals surface area contributed by atoms with Crippen LogP contribution < -0.4 is 10.2 Å². The van der Waals surface area contributed by atoms with Crippen LogP contribution in [0.5, 0.6) is 0 Å². The zero-order valence-corrected chi connectivity index (χ0v) is 10.2. The van der Waals surface area contributed by atoms with Crippen LogP contribution in [-0.2, 0) is 4.79 Å². The van der Waals surface area contributed by atoms with Crippen LogP contribution in [0.2, 0.25) is 0 Å². The maximum absolute atomic E-state index is 12.0. The van der Waals surface area contributed by atoms with Crippen LogP contribution >= 0.6 is 0 Å². The van der Waals surface area contributed by atoms with Gasteiger partial charge in [-0.05, 0) is 19.2 Å². The molecule has 0 atom stereocenters. The number of carbonyl (C=O) groups excluding carboxylic acids is 1. The van der Waals surface area contributed by atoms with Crippen LogP contribution in [0.4, 0.5) is 5.69 Å². The molecule has 1 aromatic rings. The van der Waals surface area contributed by atoms with Gasteiger partial charge in [0.25, 0.3) is 0 Å². The van der Waals surface area contributed by atoms with Crippen LogP contribution in [0.3, 0.4) is 0 Å². The van der Waals surface area contributed by atoms with Crippen molar-refractivity contribution < 1.29 is 4.79 Å². The predicted octanol–water partition coefficient (Wildman–Crippen LogP) is 0.555. The summed E-state index contributed by atoms with van der Waals surface area (Å²) < 4.78 is 0. The summed E-state index contributed by atoms with van der Waals surface area (Å²) in [4.78, 5) is 16.1. The van der Waals surface area contributed by atoms with E-state index >= 15 is 0 Å². The Labute approximate surface area is 102 Å². The summed E-state index contributed by atoms with van der Waals surface area (Å²) in [6.45, 7) is 4.12. The van der Waals surface area contributed by atoms with E-state index in [4.69, 9.17) is 0 Å². The van der Waals surface area contributed by atoms with Gasteiger partial charge in [0.05, 0.1) is 6.54 Å². The van der Waals surface area contributed by atoms with Crippen LogP contribution in [0, 0.1) is 0 Å². The first-order chi connectivity index (χ1) is 8.31. The summed E-state index contributed by atoms with van der Waals surface area (Å²) in [7, 11) is 1.93. The van der Waals surface area contributed by atoms with Crippen LogP contribution in [0.1, 0.15) is 0 Å². The number of carbonyl (C=O) groups is 1. The van der Waals surface area contributed by atoms with Gasteiger partial charge >= 0.3 is 0 Å². The highest BCUT2D eigenvalue weighted by Gasteiger charge is 2.24. The van der Waals surface area contributed by atoms with Crippen molar-refractivity contribution in [2.75, 3.05) is 44.7 Å². The molecule has 1 saturated heterocycles. The largest absolute Gasteiger partial charge is 0.318 e. The predicted molar refractivity (Wildman–Crippen MR) is 69.2 cm³/mol. The van der Waals surface area contributed by atoms with E-state index in [1.807, 2.05) is 42.3 Å². The third kappa shape index (κ3) is 3.05. The van der Waals surface area contributed by atoms with Crippen molar-refractivity contribution in [3.63, 3.8) is 0 Å². The molecule has 2 rings (SSSR count). The van der Waals surface area contributed by atoms with Gasteiger partial charge in [-0.15, -0.1) is 0 Å². The number of nitrogens with zero attached hydrogens (tertiary/aromatic N) is 2. The van der Waals surface area contributed by atoms with Gasteiger partial charge in [-0.2, -0.15) is 0 Å². The average molecular weight is 233 g/mol. The Morgan fingerprint density at radius 2 is 2.00 bits per heavy atom. The van der Waals surface area contributed by atoms with Gasteiger partial charge in [0.1, 0.15) is 0 Å². The van der Waals surface area contributed by atoms with Crippen LogP contribution in [0.15, 0.2) is 30.3 Å². The fourth-order valence-corrected chi connectivity index (χ4v) is 2.06. The van der Waals surface area contributed by atoms with Gasteiger partial charge in [-0.25, -0.2) is 0 Å². The number of hydrogen-bond donors (Lipinski definition) is 1. The Morgan fingerprint density at radius 3 is 2.65 bits per heavy atom. The van der Waals surface area contributed by atoms with Gasteiger partial charge in [-0.3, -0.25) is 9.69 Å². The van der Waals surface area contributed by atoms with E-state index in [1.54, 1.807) is 0 Å². The Bertz CT molecular complexity index is 366. The van der Waals surface area contributed by atoms with Gasteiger partial charge in [0.2, 0.25) is 5.91 Å². The van der Waals surface area contributed by atoms with E-state index < -0.39 is 0 Å². The number of para-hydroxylation sites is 1. The fourth-order valence-electron chi connectivity index (χ4n) is 2.06. The molecular weight excluding hydrogens is 214 g/mol. The lowest BCUT2D eigenvalue weighted by molar-refractivity contribution is -0.121. The molecule has 92 valence electrons. The minimum Gasteiger partial charge on any atom is -0.318 e. The molecule has 1 fully saturated rings. The molecule has 0 bridgehead atoms. The molecule has 1 N–H and O–H groups in total. The molecule has 1 amide bonds. The highest BCUT2D eigenvalue weighted by Crippen LogP contribution is 2.16. The SMILES string of the molecule is CNCCN1CCN(c2ccccc2)C(=O)C1. The Hall–Kier alpha value is -1.39. The number of amides is 1. The Balaban J connectivity index is 1.95. The monoisotopic (exact) mass is 233 g/mol. The topological polar surface area (TPSA) is 35.6 Å². The third-order valence-electron chi connectivity index (χ3n) is 3.05. The lowest BCUT2D eigenvalue weighted by atomic mass is 10.2. The number of piperazine rings is 1. The zero-order chi connectivity index (χ0) is 12.1. The van der Waals surface area contributed by atoms with Crippen molar-refractivity contribution in [1.82, 2.24) is 10.2 Å². The molecule has 1 heterocycles. The summed E-state index contributed by atoms with van der Waals surface area (Å²) in [5.41, 5.74) is 1.01. The van der Waals surface area contributed by atoms with Crippen molar-refractivity contribution in [1.29, 1.82) is 0 Å². The average Bonchev–Trinajstić information content (AvgIpc) is 2.37. The smallest absolute Gasteiger partial charge is 0.241 e. The highest BCUT2D eigenvalue weighted by atomic mass is 16.2. The molecule has 4 nitrogen and oxygen atoms in total.